The van der Waals surface area contributed by atoms with Crippen LogP contribution >= 0.6 is 0 Å². The van der Waals surface area contributed by atoms with E-state index in [2.05, 4.69) is 4.98 Å². The van der Waals surface area contributed by atoms with E-state index < -0.39 is 30.1 Å². The van der Waals surface area contributed by atoms with Gasteiger partial charge in [-0.3, -0.25) is 4.90 Å². The average molecular weight is 361 g/mol. The van der Waals surface area contributed by atoms with Crippen molar-refractivity contribution in [2.75, 3.05) is 37.6 Å². The molecule has 0 aliphatic carbocycles. The molecule has 2 aliphatic rings. The predicted octanol–water partition coefficient (Wildman–Crippen LogP) is 0.325. The van der Waals surface area contributed by atoms with Gasteiger partial charge in [0.05, 0.1) is 17.8 Å². The van der Waals surface area contributed by atoms with Crippen molar-refractivity contribution in [1.29, 1.82) is 0 Å². The van der Waals surface area contributed by atoms with Crippen LogP contribution in [0, 0.1) is 5.92 Å². The van der Waals surface area contributed by atoms with Gasteiger partial charge in [-0.05, 0) is 24.5 Å². The van der Waals surface area contributed by atoms with Gasteiger partial charge in [0.2, 0.25) is 0 Å². The van der Waals surface area contributed by atoms with E-state index >= 15 is 0 Å². The van der Waals surface area contributed by atoms with Crippen LogP contribution in [0.5, 0.6) is 0 Å². The summed E-state index contributed by atoms with van der Waals surface area (Å²) >= 11 is 0. The van der Waals surface area contributed by atoms with Crippen molar-refractivity contribution in [2.45, 2.75) is 30.9 Å². The molecule has 6 nitrogen and oxygen atoms in total. The van der Waals surface area contributed by atoms with Crippen LogP contribution < -0.4 is 4.90 Å². The van der Waals surface area contributed by atoms with Crippen LogP contribution in [-0.4, -0.2) is 76.2 Å². The highest BCUT2D eigenvalue weighted by Crippen LogP contribution is 2.32. The van der Waals surface area contributed by atoms with E-state index in [0.29, 0.717) is 25.5 Å². The Balaban J connectivity index is 1.59. The van der Waals surface area contributed by atoms with Crippen molar-refractivity contribution in [1.82, 2.24) is 9.88 Å². The number of nitrogens with zero attached hydrogens (tertiary/aromatic N) is 3. The SMILES string of the molecule is OC1CN(C[C@@H]2CCN(c3cc(C(F)(F)F)ccn3)C2)CC(O)C1O. The number of aliphatic hydroxyl groups is 3. The highest BCUT2D eigenvalue weighted by molar-refractivity contribution is 5.42. The molecule has 1 aromatic heterocycles. The van der Waals surface area contributed by atoms with E-state index in [1.165, 1.54) is 6.20 Å². The molecular weight excluding hydrogens is 339 g/mol. The number of hydrogen-bond acceptors (Lipinski definition) is 6. The van der Waals surface area contributed by atoms with Gasteiger partial charge in [-0.25, -0.2) is 4.98 Å². The molecule has 0 spiro atoms. The zero-order valence-electron chi connectivity index (χ0n) is 13.6. The van der Waals surface area contributed by atoms with Crippen molar-refractivity contribution in [3.05, 3.63) is 23.9 Å². The topological polar surface area (TPSA) is 80.1 Å². The van der Waals surface area contributed by atoms with Gasteiger partial charge in [-0.15, -0.1) is 0 Å². The van der Waals surface area contributed by atoms with E-state index in [1.54, 1.807) is 0 Å². The third kappa shape index (κ3) is 4.22. The van der Waals surface area contributed by atoms with Gasteiger partial charge >= 0.3 is 6.18 Å². The maximum Gasteiger partial charge on any atom is 0.416 e. The van der Waals surface area contributed by atoms with Crippen LogP contribution in [0.2, 0.25) is 0 Å². The van der Waals surface area contributed by atoms with Crippen molar-refractivity contribution in [2.24, 2.45) is 5.92 Å². The highest BCUT2D eigenvalue weighted by atomic mass is 19.4. The number of aromatic nitrogens is 1. The molecule has 1 aromatic rings. The van der Waals surface area contributed by atoms with Crippen LogP contribution in [0.1, 0.15) is 12.0 Å². The number of alkyl halides is 3. The fraction of sp³-hybridized carbons (Fsp3) is 0.688. The normalized spacial score (nSPS) is 31.5. The van der Waals surface area contributed by atoms with E-state index in [0.717, 1.165) is 18.6 Å². The molecule has 25 heavy (non-hydrogen) atoms. The third-order valence-electron chi connectivity index (χ3n) is 4.88. The number of anilines is 1. The lowest BCUT2D eigenvalue weighted by atomic mass is 10.00. The number of pyridine rings is 1. The molecular formula is C16H22F3N3O3. The number of piperidine rings is 1. The van der Waals surface area contributed by atoms with Crippen LogP contribution in [0.15, 0.2) is 18.3 Å². The summed E-state index contributed by atoms with van der Waals surface area (Å²) in [4.78, 5) is 7.76. The highest BCUT2D eigenvalue weighted by Gasteiger charge is 2.36. The second kappa shape index (κ2) is 7.06. The molecule has 2 saturated heterocycles. The van der Waals surface area contributed by atoms with Crippen LogP contribution in [-0.2, 0) is 6.18 Å². The van der Waals surface area contributed by atoms with Crippen molar-refractivity contribution in [3.63, 3.8) is 0 Å². The zero-order valence-corrected chi connectivity index (χ0v) is 13.6. The van der Waals surface area contributed by atoms with E-state index in [9.17, 15) is 28.5 Å². The first-order valence-electron chi connectivity index (χ1n) is 8.29. The fourth-order valence-corrected chi connectivity index (χ4v) is 3.55. The molecule has 0 saturated carbocycles. The Labute approximate surface area is 143 Å². The quantitative estimate of drug-likeness (QED) is 0.720. The summed E-state index contributed by atoms with van der Waals surface area (Å²) in [6.07, 6.45) is -5.55. The Bertz CT molecular complexity index is 589. The summed E-state index contributed by atoms with van der Waals surface area (Å²) in [6.45, 7) is 2.34. The average Bonchev–Trinajstić information content (AvgIpc) is 3.00. The number of likely N-dealkylation sites (tertiary alicyclic amines) is 1. The molecule has 0 aromatic carbocycles. The first-order valence-corrected chi connectivity index (χ1v) is 8.29. The molecule has 3 atom stereocenters. The van der Waals surface area contributed by atoms with Gasteiger partial charge in [0, 0.05) is 38.9 Å². The lowest BCUT2D eigenvalue weighted by Crippen LogP contribution is -2.56. The van der Waals surface area contributed by atoms with Gasteiger partial charge in [0.1, 0.15) is 11.9 Å². The van der Waals surface area contributed by atoms with E-state index in [1.807, 2.05) is 9.80 Å². The number of hydrogen-bond donors (Lipinski definition) is 3. The minimum atomic E-state index is -4.39. The summed E-state index contributed by atoms with van der Waals surface area (Å²) in [5.74, 6) is 0.512. The molecule has 3 rings (SSSR count). The monoisotopic (exact) mass is 361 g/mol. The Morgan fingerprint density at radius 2 is 1.80 bits per heavy atom. The van der Waals surface area contributed by atoms with Crippen LogP contribution in [0.4, 0.5) is 19.0 Å². The maximum absolute atomic E-state index is 12.8. The van der Waals surface area contributed by atoms with E-state index in [4.69, 9.17) is 0 Å². The van der Waals surface area contributed by atoms with Gasteiger partial charge < -0.3 is 20.2 Å². The number of β-amino-alcohol motifs (C(OH)–C–C–N with tert-alkyl or cyclic N) is 2. The van der Waals surface area contributed by atoms with Gasteiger partial charge in [0.15, 0.2) is 0 Å². The predicted molar refractivity (Wildman–Crippen MR) is 84.0 cm³/mol. The second-order valence-corrected chi connectivity index (χ2v) is 6.85. The summed E-state index contributed by atoms with van der Waals surface area (Å²) in [7, 11) is 0. The molecule has 2 aliphatic heterocycles. The molecule has 3 N–H and O–H groups in total. The Morgan fingerprint density at radius 3 is 2.44 bits per heavy atom. The molecule has 2 unspecified atom stereocenters. The number of rotatable bonds is 3. The second-order valence-electron chi connectivity index (χ2n) is 6.85. The molecule has 9 heteroatoms. The molecule has 3 heterocycles. The molecule has 140 valence electrons. The van der Waals surface area contributed by atoms with Crippen LogP contribution in [0.3, 0.4) is 0 Å². The van der Waals surface area contributed by atoms with Gasteiger partial charge in [0.25, 0.3) is 0 Å². The summed E-state index contributed by atoms with van der Waals surface area (Å²) in [5.41, 5.74) is -0.711. The first kappa shape index (κ1) is 18.4. The van der Waals surface area contributed by atoms with Gasteiger partial charge in [-0.2, -0.15) is 13.2 Å². The lowest BCUT2D eigenvalue weighted by Gasteiger charge is -2.38. The standard InChI is InChI=1S/C16H22F3N3O3/c17-16(18,19)11-1-3-20-14(5-11)22-4-2-10(7-22)6-21-8-12(23)15(25)13(24)9-21/h1,3,5,10,12-13,15,23-25H,2,4,6-9H2/t10-,12?,13?,15?/m0/s1. The minimum Gasteiger partial charge on any atom is -0.389 e. The van der Waals surface area contributed by atoms with Crippen LogP contribution in [0.25, 0.3) is 0 Å². The summed E-state index contributed by atoms with van der Waals surface area (Å²) < 4.78 is 38.5. The third-order valence-corrected chi connectivity index (χ3v) is 4.88. The number of aliphatic hydroxyl groups excluding tert-OH is 3. The largest absolute Gasteiger partial charge is 0.416 e. The molecule has 2 fully saturated rings. The molecule has 0 radical (unpaired) electrons. The minimum absolute atomic E-state index is 0.200. The Kier molecular flexibility index (Phi) is 5.19. The maximum atomic E-state index is 12.8. The Morgan fingerprint density at radius 1 is 1.12 bits per heavy atom. The number of halogens is 3. The smallest absolute Gasteiger partial charge is 0.389 e. The lowest BCUT2D eigenvalue weighted by molar-refractivity contribution is -0.137. The zero-order chi connectivity index (χ0) is 18.2. The summed E-state index contributed by atoms with van der Waals surface area (Å²) in [6, 6.07) is 2.02. The van der Waals surface area contributed by atoms with Gasteiger partial charge in [-0.1, -0.05) is 0 Å². The van der Waals surface area contributed by atoms with E-state index in [-0.39, 0.29) is 19.0 Å². The summed E-state index contributed by atoms with van der Waals surface area (Å²) in [5, 5.41) is 29.1. The first-order chi connectivity index (χ1) is 11.7. The molecule has 0 bridgehead atoms. The van der Waals surface area contributed by atoms with Crippen molar-refractivity contribution >= 4 is 5.82 Å². The fourth-order valence-electron chi connectivity index (χ4n) is 3.55. The van der Waals surface area contributed by atoms with Crippen molar-refractivity contribution in [3.8, 4) is 0 Å². The van der Waals surface area contributed by atoms with Crippen molar-refractivity contribution < 1.29 is 28.5 Å². The molecule has 0 amide bonds. The Hall–Kier alpha value is -1.42.